The van der Waals surface area contributed by atoms with E-state index >= 15 is 0 Å². The lowest BCUT2D eigenvalue weighted by atomic mass is 10.3. The van der Waals surface area contributed by atoms with Gasteiger partial charge in [0, 0.05) is 0 Å². The second kappa shape index (κ2) is 4.55. The maximum atomic E-state index is 12.5. The summed E-state index contributed by atoms with van der Waals surface area (Å²) in [6.07, 6.45) is -2.07. The summed E-state index contributed by atoms with van der Waals surface area (Å²) < 4.78 is 29.6. The Morgan fingerprint density at radius 2 is 2.00 bits per heavy atom. The lowest BCUT2D eigenvalue weighted by Crippen LogP contribution is -2.22. The number of hydrogen-bond acceptors (Lipinski definition) is 2. The number of alkyl halides is 1. The van der Waals surface area contributed by atoms with Crippen molar-refractivity contribution < 1.29 is 23.4 Å². The van der Waals surface area contributed by atoms with Gasteiger partial charge in [0.1, 0.15) is 18.2 Å². The van der Waals surface area contributed by atoms with E-state index in [1.54, 1.807) is 0 Å². The molecule has 3 nitrogen and oxygen atoms in total. The molecule has 1 N–H and O–H groups in total. The molecule has 1 aromatic carbocycles. The first kappa shape index (κ1) is 10.4. The van der Waals surface area contributed by atoms with Crippen LogP contribution in [0.15, 0.2) is 24.3 Å². The lowest BCUT2D eigenvalue weighted by Gasteiger charge is -2.06. The Balaban J connectivity index is 2.46. The molecule has 0 bridgehead atoms. The molecule has 0 heterocycles. The average Bonchev–Trinajstić information content (AvgIpc) is 2.16. The van der Waals surface area contributed by atoms with Gasteiger partial charge in [-0.05, 0) is 24.3 Å². The zero-order valence-electron chi connectivity index (χ0n) is 7.11. The van der Waals surface area contributed by atoms with Crippen LogP contribution in [0.2, 0.25) is 0 Å². The summed E-state index contributed by atoms with van der Waals surface area (Å²) in [5.41, 5.74) is 0. The lowest BCUT2D eigenvalue weighted by molar-refractivity contribution is -0.143. The fourth-order valence-corrected chi connectivity index (χ4v) is 0.771. The number of hydrogen-bond donors (Lipinski definition) is 1. The third-order valence-corrected chi connectivity index (χ3v) is 1.48. The monoisotopic (exact) mass is 202 g/mol. The predicted molar refractivity (Wildman–Crippen MR) is 44.4 cm³/mol. The largest absolute Gasteiger partial charge is 0.490 e. The van der Waals surface area contributed by atoms with Crippen LogP contribution in [0.3, 0.4) is 0 Å². The molecule has 1 atom stereocenters. The van der Waals surface area contributed by atoms with Gasteiger partial charge < -0.3 is 9.84 Å². The Morgan fingerprint density at radius 1 is 1.43 bits per heavy atom. The fourth-order valence-electron chi connectivity index (χ4n) is 0.771. The maximum absolute atomic E-state index is 12.5. The summed E-state index contributed by atoms with van der Waals surface area (Å²) in [6, 6.07) is 4.88. The fraction of sp³-hybridized carbons (Fsp3) is 0.222. The van der Waals surface area contributed by atoms with Crippen LogP contribution < -0.4 is 4.74 Å². The van der Waals surface area contributed by atoms with Crippen LogP contribution in [0.1, 0.15) is 0 Å². The summed E-state index contributed by atoms with van der Waals surface area (Å²) in [4.78, 5) is 10.1. The Morgan fingerprint density at radius 3 is 2.50 bits per heavy atom. The van der Waals surface area contributed by atoms with E-state index in [0.717, 1.165) is 12.1 Å². The average molecular weight is 202 g/mol. The molecule has 0 aromatic heterocycles. The molecule has 0 saturated heterocycles. The highest BCUT2D eigenvalue weighted by atomic mass is 19.1. The van der Waals surface area contributed by atoms with Crippen LogP contribution in [0, 0.1) is 5.82 Å². The first-order valence-electron chi connectivity index (χ1n) is 3.85. The van der Waals surface area contributed by atoms with Crippen molar-refractivity contribution >= 4 is 5.97 Å². The third-order valence-electron chi connectivity index (χ3n) is 1.48. The van der Waals surface area contributed by atoms with E-state index in [1.165, 1.54) is 12.1 Å². The quantitative estimate of drug-likeness (QED) is 0.807. The van der Waals surface area contributed by atoms with Gasteiger partial charge in [-0.3, -0.25) is 0 Å². The van der Waals surface area contributed by atoms with Gasteiger partial charge in [0.25, 0.3) is 0 Å². The smallest absolute Gasteiger partial charge is 0.341 e. The molecule has 0 fully saturated rings. The van der Waals surface area contributed by atoms with E-state index < -0.39 is 24.6 Å². The molecule has 0 amide bonds. The molecule has 0 aliphatic carbocycles. The summed E-state index contributed by atoms with van der Waals surface area (Å²) in [6.45, 7) is -0.582. The van der Waals surface area contributed by atoms with Crippen molar-refractivity contribution in [2.75, 3.05) is 6.61 Å². The number of rotatable bonds is 4. The first-order chi connectivity index (χ1) is 6.59. The topological polar surface area (TPSA) is 46.5 Å². The predicted octanol–water partition coefficient (Wildman–Crippen LogP) is 1.63. The van der Waals surface area contributed by atoms with Crippen molar-refractivity contribution in [1.82, 2.24) is 0 Å². The molecular formula is C9H8F2O3. The van der Waals surface area contributed by atoms with E-state index in [4.69, 9.17) is 9.84 Å². The van der Waals surface area contributed by atoms with Crippen molar-refractivity contribution in [3.05, 3.63) is 30.1 Å². The van der Waals surface area contributed by atoms with E-state index in [-0.39, 0.29) is 5.75 Å². The maximum Gasteiger partial charge on any atom is 0.341 e. The molecule has 14 heavy (non-hydrogen) atoms. The molecule has 0 spiro atoms. The molecule has 76 valence electrons. The van der Waals surface area contributed by atoms with Crippen LogP contribution in [0.5, 0.6) is 5.75 Å². The number of carbonyl (C=O) groups is 1. The van der Waals surface area contributed by atoms with Gasteiger partial charge in [-0.25, -0.2) is 13.6 Å². The Kier molecular flexibility index (Phi) is 3.39. The molecule has 0 radical (unpaired) electrons. The van der Waals surface area contributed by atoms with E-state index in [2.05, 4.69) is 0 Å². The van der Waals surface area contributed by atoms with Crippen molar-refractivity contribution in [2.45, 2.75) is 6.17 Å². The van der Waals surface area contributed by atoms with Gasteiger partial charge in [-0.2, -0.15) is 0 Å². The molecule has 1 aromatic rings. The Bertz CT molecular complexity index is 310. The Hall–Kier alpha value is -1.65. The molecule has 5 heteroatoms. The van der Waals surface area contributed by atoms with Crippen LogP contribution in [0.4, 0.5) is 8.78 Å². The van der Waals surface area contributed by atoms with Crippen molar-refractivity contribution in [3.63, 3.8) is 0 Å². The van der Waals surface area contributed by atoms with Gasteiger partial charge in [-0.15, -0.1) is 0 Å². The SMILES string of the molecule is O=C(O)C(F)COc1ccc(F)cc1. The molecule has 0 aliphatic rings. The highest BCUT2D eigenvalue weighted by molar-refractivity contribution is 5.72. The number of halogens is 2. The summed E-state index contributed by atoms with van der Waals surface area (Å²) in [7, 11) is 0. The van der Waals surface area contributed by atoms with Crippen LogP contribution in [-0.4, -0.2) is 23.9 Å². The molecule has 0 saturated carbocycles. The molecule has 1 rings (SSSR count). The van der Waals surface area contributed by atoms with Gasteiger partial charge >= 0.3 is 5.97 Å². The Labute approximate surface area is 78.9 Å². The van der Waals surface area contributed by atoms with Gasteiger partial charge in [0.2, 0.25) is 6.17 Å². The van der Waals surface area contributed by atoms with E-state index in [0.29, 0.717) is 0 Å². The summed E-state index contributed by atoms with van der Waals surface area (Å²) in [5.74, 6) is -1.78. The number of ether oxygens (including phenoxy) is 1. The van der Waals surface area contributed by atoms with Crippen molar-refractivity contribution in [1.29, 1.82) is 0 Å². The molecule has 0 aliphatic heterocycles. The third kappa shape index (κ3) is 3.01. The highest BCUT2D eigenvalue weighted by Crippen LogP contribution is 2.11. The molecular weight excluding hydrogens is 194 g/mol. The zero-order chi connectivity index (χ0) is 10.6. The standard InChI is InChI=1S/C9H8F2O3/c10-6-1-3-7(4-2-6)14-5-8(11)9(12)13/h1-4,8H,5H2,(H,12,13). The van der Waals surface area contributed by atoms with Gasteiger partial charge in [-0.1, -0.05) is 0 Å². The zero-order valence-corrected chi connectivity index (χ0v) is 7.11. The second-order valence-corrected chi connectivity index (χ2v) is 2.57. The summed E-state index contributed by atoms with van der Waals surface area (Å²) >= 11 is 0. The number of carboxylic acids is 1. The number of carboxylic acid groups (broad SMARTS) is 1. The minimum absolute atomic E-state index is 0.232. The van der Waals surface area contributed by atoms with Crippen molar-refractivity contribution in [2.24, 2.45) is 0 Å². The molecule has 1 unspecified atom stereocenters. The van der Waals surface area contributed by atoms with E-state index in [9.17, 15) is 13.6 Å². The number of aliphatic carboxylic acids is 1. The first-order valence-corrected chi connectivity index (χ1v) is 3.85. The summed E-state index contributed by atoms with van der Waals surface area (Å²) in [5, 5.41) is 8.19. The van der Waals surface area contributed by atoms with E-state index in [1.807, 2.05) is 0 Å². The van der Waals surface area contributed by atoms with Crippen LogP contribution >= 0.6 is 0 Å². The van der Waals surface area contributed by atoms with Gasteiger partial charge in [0.05, 0.1) is 0 Å². The van der Waals surface area contributed by atoms with Crippen LogP contribution in [0.25, 0.3) is 0 Å². The van der Waals surface area contributed by atoms with Gasteiger partial charge in [0.15, 0.2) is 0 Å². The second-order valence-electron chi connectivity index (χ2n) is 2.57. The van der Waals surface area contributed by atoms with Crippen molar-refractivity contribution in [3.8, 4) is 5.75 Å². The van der Waals surface area contributed by atoms with Crippen LogP contribution in [-0.2, 0) is 4.79 Å². The highest BCUT2D eigenvalue weighted by Gasteiger charge is 2.15. The minimum atomic E-state index is -2.07. The minimum Gasteiger partial charge on any atom is -0.490 e. The number of benzene rings is 1. The normalized spacial score (nSPS) is 12.1.